The molecule has 0 fully saturated rings. The highest BCUT2D eigenvalue weighted by atomic mass is 16.6. The highest BCUT2D eigenvalue weighted by Gasteiger charge is 2.27. The minimum Gasteiger partial charge on any atom is -0.465 e. The first-order valence-corrected chi connectivity index (χ1v) is 15.6. The predicted octanol–water partition coefficient (Wildman–Crippen LogP) is 3.81. The number of hydrogen-bond acceptors (Lipinski definition) is 9. The van der Waals surface area contributed by atoms with E-state index in [1.54, 1.807) is 27.8 Å². The maximum atomic E-state index is 13.4. The van der Waals surface area contributed by atoms with E-state index < -0.39 is 47.7 Å². The number of hydrogen-bond donors (Lipinski definition) is 4. The van der Waals surface area contributed by atoms with Crippen LogP contribution in [0.1, 0.15) is 85.6 Å². The van der Waals surface area contributed by atoms with E-state index in [-0.39, 0.29) is 32.0 Å². The summed E-state index contributed by atoms with van der Waals surface area (Å²) < 4.78 is 15.7. The van der Waals surface area contributed by atoms with Crippen LogP contribution in [0.2, 0.25) is 0 Å². The molecule has 13 nitrogen and oxygen atoms in total. The standard InChI is InChI=1S/C32H53N5O8/c1-8-9-18-43-28(39)21-37(7)36-27(38)20-25(16-13-17-33-30(41)44-22-24-14-11-10-12-15-24)34-29(40)26(19-23(2)3)35-31(42)45-32(4,5)6/h10-12,14-15,23,25-26H,8-9,13,16-22H2,1-7H3,(H,33,41)(H,34,40)(H,35,42)(H,36,38)/t25-,26-/m0/s1. The molecule has 4 amide bonds. The molecule has 0 aliphatic heterocycles. The first kappa shape index (κ1) is 39.2. The molecule has 1 rings (SSSR count). The Morgan fingerprint density at radius 3 is 2.24 bits per heavy atom. The van der Waals surface area contributed by atoms with Gasteiger partial charge in [-0.05, 0) is 57.9 Å². The lowest BCUT2D eigenvalue weighted by Gasteiger charge is -2.26. The SMILES string of the molecule is CCCCOC(=O)CN(C)NC(=O)C[C@H](CCCNC(=O)OCc1ccccc1)NC(=O)[C@H](CC(C)C)NC(=O)OC(C)(C)C. The van der Waals surface area contributed by atoms with Crippen molar-refractivity contribution >= 4 is 30.0 Å². The summed E-state index contributed by atoms with van der Waals surface area (Å²) in [7, 11) is 1.54. The highest BCUT2D eigenvalue weighted by molar-refractivity contribution is 5.86. The predicted molar refractivity (Wildman–Crippen MR) is 170 cm³/mol. The van der Waals surface area contributed by atoms with Gasteiger partial charge in [0, 0.05) is 26.1 Å². The van der Waals surface area contributed by atoms with Gasteiger partial charge in [0.15, 0.2) is 0 Å². The van der Waals surface area contributed by atoms with Crippen LogP contribution in [0.3, 0.4) is 0 Å². The number of amides is 4. The van der Waals surface area contributed by atoms with Crippen LogP contribution >= 0.6 is 0 Å². The number of rotatable bonds is 19. The number of nitrogens with zero attached hydrogens (tertiary/aromatic N) is 1. The Balaban J connectivity index is 2.81. The van der Waals surface area contributed by atoms with Gasteiger partial charge in [0.05, 0.1) is 6.61 Å². The van der Waals surface area contributed by atoms with Crippen LogP contribution in [0.15, 0.2) is 30.3 Å². The summed E-state index contributed by atoms with van der Waals surface area (Å²) >= 11 is 0. The van der Waals surface area contributed by atoms with E-state index in [4.69, 9.17) is 14.2 Å². The summed E-state index contributed by atoms with van der Waals surface area (Å²) in [6.07, 6.45) is 1.34. The lowest BCUT2D eigenvalue weighted by molar-refractivity contribution is -0.146. The molecule has 0 unspecified atom stereocenters. The zero-order valence-corrected chi connectivity index (χ0v) is 27.9. The molecular formula is C32H53N5O8. The molecule has 4 N–H and O–H groups in total. The summed E-state index contributed by atoms with van der Waals surface area (Å²) in [6, 6.07) is 7.75. The highest BCUT2D eigenvalue weighted by Crippen LogP contribution is 2.11. The Labute approximate surface area is 267 Å². The molecule has 0 radical (unpaired) electrons. The summed E-state index contributed by atoms with van der Waals surface area (Å²) in [4.78, 5) is 62.9. The van der Waals surface area contributed by atoms with Gasteiger partial charge < -0.3 is 30.2 Å². The van der Waals surface area contributed by atoms with Crippen LogP contribution < -0.4 is 21.4 Å². The minimum absolute atomic E-state index is 0.0780. The van der Waals surface area contributed by atoms with Crippen LogP contribution in [0.4, 0.5) is 9.59 Å². The van der Waals surface area contributed by atoms with E-state index in [1.807, 2.05) is 51.1 Å². The van der Waals surface area contributed by atoms with E-state index >= 15 is 0 Å². The second kappa shape index (κ2) is 21.0. The van der Waals surface area contributed by atoms with Crippen LogP contribution in [0.5, 0.6) is 0 Å². The summed E-state index contributed by atoms with van der Waals surface area (Å²) in [6.45, 7) is 11.6. The van der Waals surface area contributed by atoms with Crippen molar-refractivity contribution in [2.75, 3.05) is 26.7 Å². The molecular weight excluding hydrogens is 582 g/mol. The van der Waals surface area contributed by atoms with Gasteiger partial charge in [-0.1, -0.05) is 57.5 Å². The molecule has 0 aliphatic rings. The number of carbonyl (C=O) groups is 5. The van der Waals surface area contributed by atoms with Crippen LogP contribution in [0.25, 0.3) is 0 Å². The first-order chi connectivity index (χ1) is 21.2. The molecule has 0 saturated carbocycles. The van der Waals surface area contributed by atoms with Gasteiger partial charge in [0.2, 0.25) is 11.8 Å². The van der Waals surface area contributed by atoms with Crippen molar-refractivity contribution in [2.45, 2.75) is 104 Å². The topological polar surface area (TPSA) is 164 Å². The Bertz CT molecular complexity index is 1060. The van der Waals surface area contributed by atoms with Crippen molar-refractivity contribution in [1.29, 1.82) is 0 Å². The molecule has 0 spiro atoms. The number of carbonyl (C=O) groups excluding carboxylic acids is 5. The average Bonchev–Trinajstić information content (AvgIpc) is 2.93. The zero-order valence-electron chi connectivity index (χ0n) is 27.9. The van der Waals surface area contributed by atoms with Gasteiger partial charge in [-0.3, -0.25) is 19.8 Å². The van der Waals surface area contributed by atoms with Crippen molar-refractivity contribution in [3.8, 4) is 0 Å². The number of likely N-dealkylation sites (N-methyl/N-ethyl adjacent to an activating group) is 1. The lowest BCUT2D eigenvalue weighted by Crippen LogP contribution is -2.52. The molecule has 0 heterocycles. The number of alkyl carbamates (subject to hydrolysis) is 2. The van der Waals surface area contributed by atoms with E-state index in [2.05, 4.69) is 21.4 Å². The van der Waals surface area contributed by atoms with E-state index in [1.165, 1.54) is 5.01 Å². The van der Waals surface area contributed by atoms with Crippen molar-refractivity contribution in [1.82, 2.24) is 26.4 Å². The number of unbranched alkanes of at least 4 members (excludes halogenated alkanes) is 1. The van der Waals surface area contributed by atoms with E-state index in [9.17, 15) is 24.0 Å². The lowest BCUT2D eigenvalue weighted by atomic mass is 10.0. The zero-order chi connectivity index (χ0) is 33.8. The van der Waals surface area contributed by atoms with Crippen LogP contribution in [-0.4, -0.2) is 79.4 Å². The van der Waals surface area contributed by atoms with Gasteiger partial charge >= 0.3 is 18.2 Å². The average molecular weight is 636 g/mol. The first-order valence-electron chi connectivity index (χ1n) is 15.6. The molecule has 0 bridgehead atoms. The molecule has 0 aliphatic carbocycles. The summed E-state index contributed by atoms with van der Waals surface area (Å²) in [5, 5.41) is 9.52. The monoisotopic (exact) mass is 635 g/mol. The van der Waals surface area contributed by atoms with Gasteiger partial charge in [-0.25, -0.2) is 14.6 Å². The number of nitrogens with one attached hydrogen (secondary N) is 4. The third kappa shape index (κ3) is 19.9. The van der Waals surface area contributed by atoms with Crippen molar-refractivity contribution in [3.05, 3.63) is 35.9 Å². The number of benzene rings is 1. The van der Waals surface area contributed by atoms with Gasteiger partial charge in [-0.15, -0.1) is 0 Å². The number of ether oxygens (including phenoxy) is 3. The summed E-state index contributed by atoms with van der Waals surface area (Å²) in [5.74, 6) is -1.28. The van der Waals surface area contributed by atoms with E-state index in [0.717, 1.165) is 18.4 Å². The Kier molecular flexibility index (Phi) is 18.2. The molecule has 0 saturated heterocycles. The molecule has 45 heavy (non-hydrogen) atoms. The van der Waals surface area contributed by atoms with Crippen LogP contribution in [0, 0.1) is 5.92 Å². The quantitative estimate of drug-likeness (QED) is 0.0766. The number of hydrazine groups is 1. The maximum absolute atomic E-state index is 13.4. The maximum Gasteiger partial charge on any atom is 0.408 e. The second-order valence-corrected chi connectivity index (χ2v) is 12.3. The Morgan fingerprint density at radius 1 is 0.933 bits per heavy atom. The largest absolute Gasteiger partial charge is 0.465 e. The third-order valence-corrected chi connectivity index (χ3v) is 6.15. The van der Waals surface area contributed by atoms with Gasteiger partial charge in [-0.2, -0.15) is 0 Å². The normalized spacial score (nSPS) is 12.6. The molecule has 13 heteroatoms. The van der Waals surface area contributed by atoms with Crippen molar-refractivity contribution < 1.29 is 38.2 Å². The fraction of sp³-hybridized carbons (Fsp3) is 0.656. The number of esters is 1. The minimum atomic E-state index is -0.892. The fourth-order valence-corrected chi connectivity index (χ4v) is 4.08. The Hall–Kier alpha value is -3.87. The fourth-order valence-electron chi connectivity index (χ4n) is 4.08. The molecule has 254 valence electrons. The molecule has 1 aromatic carbocycles. The molecule has 0 aromatic heterocycles. The summed E-state index contributed by atoms with van der Waals surface area (Å²) in [5.41, 5.74) is 2.74. The van der Waals surface area contributed by atoms with Gasteiger partial charge in [0.1, 0.15) is 24.8 Å². The smallest absolute Gasteiger partial charge is 0.408 e. The molecule has 1 aromatic rings. The third-order valence-electron chi connectivity index (χ3n) is 6.15. The molecule has 2 atom stereocenters. The van der Waals surface area contributed by atoms with Crippen molar-refractivity contribution in [3.63, 3.8) is 0 Å². The van der Waals surface area contributed by atoms with Crippen molar-refractivity contribution in [2.24, 2.45) is 5.92 Å². The van der Waals surface area contributed by atoms with Crippen LogP contribution in [-0.2, 0) is 35.2 Å². The van der Waals surface area contributed by atoms with Gasteiger partial charge in [0.25, 0.3) is 0 Å². The Morgan fingerprint density at radius 2 is 1.62 bits per heavy atom. The van der Waals surface area contributed by atoms with E-state index in [0.29, 0.717) is 25.9 Å². The second-order valence-electron chi connectivity index (χ2n) is 12.3.